The van der Waals surface area contributed by atoms with Gasteiger partial charge >= 0.3 is 6.18 Å². The molecule has 27 heavy (non-hydrogen) atoms. The van der Waals surface area contributed by atoms with Crippen LogP contribution in [0.4, 0.5) is 18.3 Å². The van der Waals surface area contributed by atoms with Gasteiger partial charge < -0.3 is 9.64 Å². The lowest BCUT2D eigenvalue weighted by atomic mass is 9.87. The summed E-state index contributed by atoms with van der Waals surface area (Å²) in [6, 6.07) is 7.66. The quantitative estimate of drug-likeness (QED) is 0.583. The van der Waals surface area contributed by atoms with E-state index in [1.807, 2.05) is 36.7 Å². The molecule has 1 aliphatic carbocycles. The maximum atomic E-state index is 12.7. The summed E-state index contributed by atoms with van der Waals surface area (Å²) in [6.45, 7) is 3.11. The number of ether oxygens (including phenoxy) is 1. The summed E-state index contributed by atoms with van der Waals surface area (Å²) in [4.78, 5) is 6.81. The van der Waals surface area contributed by atoms with Crippen molar-refractivity contribution in [2.75, 3.05) is 18.5 Å². The summed E-state index contributed by atoms with van der Waals surface area (Å²) in [5, 5.41) is 3.03. The largest absolute Gasteiger partial charge is 0.490 e. The lowest BCUT2D eigenvalue weighted by molar-refractivity contribution is -0.185. The molecule has 0 saturated heterocycles. The van der Waals surface area contributed by atoms with Crippen molar-refractivity contribution in [2.45, 2.75) is 51.3 Å². The first-order chi connectivity index (χ1) is 12.9. The summed E-state index contributed by atoms with van der Waals surface area (Å²) in [7, 11) is 2.04. The second-order valence-electron chi connectivity index (χ2n) is 7.09. The molecule has 1 heterocycles. The topological polar surface area (TPSA) is 25.4 Å². The van der Waals surface area contributed by atoms with E-state index in [1.165, 1.54) is 0 Å². The van der Waals surface area contributed by atoms with Crippen LogP contribution in [0.2, 0.25) is 0 Å². The number of alkyl halides is 3. The zero-order valence-corrected chi connectivity index (χ0v) is 16.4. The molecule has 1 fully saturated rings. The highest BCUT2D eigenvalue weighted by atomic mass is 32.1. The lowest BCUT2D eigenvalue weighted by Crippen LogP contribution is -2.31. The lowest BCUT2D eigenvalue weighted by Gasteiger charge is -2.30. The molecule has 0 bridgehead atoms. The number of hydrogen-bond acceptors (Lipinski definition) is 4. The van der Waals surface area contributed by atoms with Crippen molar-refractivity contribution in [3.05, 3.63) is 29.6 Å². The zero-order chi connectivity index (χ0) is 19.4. The minimum absolute atomic E-state index is 0.136. The fourth-order valence-corrected chi connectivity index (χ4v) is 4.24. The molecule has 0 amide bonds. The predicted octanol–water partition coefficient (Wildman–Crippen LogP) is 6.16. The van der Waals surface area contributed by atoms with Crippen LogP contribution in [0.5, 0.6) is 5.75 Å². The highest BCUT2D eigenvalue weighted by Gasteiger charge is 2.41. The highest BCUT2D eigenvalue weighted by molar-refractivity contribution is 7.14. The maximum Gasteiger partial charge on any atom is 0.391 e. The Balaban J connectivity index is 1.57. The van der Waals surface area contributed by atoms with Crippen molar-refractivity contribution in [3.8, 4) is 17.0 Å². The average Bonchev–Trinajstić information content (AvgIpc) is 3.12. The van der Waals surface area contributed by atoms with Crippen LogP contribution in [-0.4, -0.2) is 30.9 Å². The van der Waals surface area contributed by atoms with Crippen molar-refractivity contribution in [1.29, 1.82) is 0 Å². The van der Waals surface area contributed by atoms with Crippen molar-refractivity contribution in [3.63, 3.8) is 0 Å². The van der Waals surface area contributed by atoms with Gasteiger partial charge in [0.15, 0.2) is 5.13 Å². The Morgan fingerprint density at radius 1 is 1.15 bits per heavy atom. The molecule has 1 aromatic heterocycles. The summed E-state index contributed by atoms with van der Waals surface area (Å²) in [6.07, 6.45) is -1.94. The number of aromatic nitrogens is 1. The van der Waals surface area contributed by atoms with E-state index in [0.29, 0.717) is 18.6 Å². The fraction of sp³-hybridized carbons (Fsp3) is 0.550. The maximum absolute atomic E-state index is 12.7. The SMILES string of the molecule is CCCN(C)c1nc(-c2ccc(OC3CCC(C(F)(F)F)CC3)cc2)cs1. The van der Waals surface area contributed by atoms with Gasteiger partial charge in [-0.15, -0.1) is 11.3 Å². The van der Waals surface area contributed by atoms with Crippen molar-refractivity contribution in [1.82, 2.24) is 4.98 Å². The minimum Gasteiger partial charge on any atom is -0.490 e. The average molecular weight is 398 g/mol. The smallest absolute Gasteiger partial charge is 0.391 e. The van der Waals surface area contributed by atoms with E-state index in [9.17, 15) is 13.2 Å². The number of benzene rings is 1. The molecular formula is C20H25F3N2OS. The zero-order valence-electron chi connectivity index (χ0n) is 15.6. The number of nitrogens with zero attached hydrogens (tertiary/aromatic N) is 2. The number of thiazole rings is 1. The second kappa shape index (κ2) is 8.50. The van der Waals surface area contributed by atoms with Gasteiger partial charge in [0.1, 0.15) is 5.75 Å². The van der Waals surface area contributed by atoms with Crippen molar-refractivity contribution >= 4 is 16.5 Å². The van der Waals surface area contributed by atoms with Gasteiger partial charge in [-0.25, -0.2) is 4.98 Å². The van der Waals surface area contributed by atoms with E-state index < -0.39 is 12.1 Å². The van der Waals surface area contributed by atoms with Crippen LogP contribution in [0.3, 0.4) is 0 Å². The van der Waals surface area contributed by atoms with Gasteiger partial charge in [0.2, 0.25) is 0 Å². The monoisotopic (exact) mass is 398 g/mol. The first kappa shape index (κ1) is 20.0. The van der Waals surface area contributed by atoms with Gasteiger partial charge in [-0.1, -0.05) is 6.92 Å². The molecule has 1 aromatic carbocycles. The molecule has 3 nitrogen and oxygen atoms in total. The first-order valence-electron chi connectivity index (χ1n) is 9.37. The van der Waals surface area contributed by atoms with Crippen LogP contribution < -0.4 is 9.64 Å². The van der Waals surface area contributed by atoms with E-state index >= 15 is 0 Å². The van der Waals surface area contributed by atoms with Gasteiger partial charge in [-0.3, -0.25) is 0 Å². The predicted molar refractivity (Wildman–Crippen MR) is 104 cm³/mol. The molecule has 0 N–H and O–H groups in total. The minimum atomic E-state index is -4.08. The number of halogens is 3. The Morgan fingerprint density at radius 2 is 1.81 bits per heavy atom. The summed E-state index contributed by atoms with van der Waals surface area (Å²) in [5.74, 6) is -0.475. The summed E-state index contributed by atoms with van der Waals surface area (Å²) >= 11 is 1.62. The van der Waals surface area contributed by atoms with Gasteiger partial charge in [0, 0.05) is 24.5 Å². The number of hydrogen-bond donors (Lipinski definition) is 0. The Morgan fingerprint density at radius 3 is 2.41 bits per heavy atom. The van der Waals surface area contributed by atoms with Gasteiger partial charge in [0.25, 0.3) is 0 Å². The number of anilines is 1. The Bertz CT molecular complexity index is 722. The van der Waals surface area contributed by atoms with Crippen LogP contribution >= 0.6 is 11.3 Å². The normalized spacial score (nSPS) is 20.5. The molecule has 0 unspecified atom stereocenters. The number of rotatable bonds is 6. The second-order valence-corrected chi connectivity index (χ2v) is 7.93. The molecule has 0 spiro atoms. The van der Waals surface area contributed by atoms with Crippen LogP contribution in [0.1, 0.15) is 39.0 Å². The Kier molecular flexibility index (Phi) is 6.29. The molecule has 0 aliphatic heterocycles. The van der Waals surface area contributed by atoms with Crippen molar-refractivity contribution < 1.29 is 17.9 Å². The van der Waals surface area contributed by atoms with Crippen molar-refractivity contribution in [2.24, 2.45) is 5.92 Å². The molecule has 2 aromatic rings. The van der Waals surface area contributed by atoms with E-state index in [2.05, 4.69) is 16.8 Å². The molecule has 0 radical (unpaired) electrons. The third-order valence-corrected chi connectivity index (χ3v) is 5.92. The third-order valence-electron chi connectivity index (χ3n) is 4.97. The molecule has 3 rings (SSSR count). The molecule has 1 aliphatic rings. The van der Waals surface area contributed by atoms with E-state index in [-0.39, 0.29) is 18.9 Å². The first-order valence-corrected chi connectivity index (χ1v) is 10.2. The fourth-order valence-electron chi connectivity index (χ4n) is 3.41. The standard InChI is InChI=1S/C20H25F3N2OS/c1-3-12-25(2)19-24-18(13-27-19)14-4-8-16(9-5-14)26-17-10-6-15(7-11-17)20(21,22)23/h4-5,8-9,13,15,17H,3,6-7,10-12H2,1-2H3. The van der Waals surface area contributed by atoms with Gasteiger partial charge in [0.05, 0.1) is 17.7 Å². The third kappa shape index (κ3) is 5.15. The van der Waals surface area contributed by atoms with E-state index in [0.717, 1.165) is 29.4 Å². The summed E-state index contributed by atoms with van der Waals surface area (Å²) < 4.78 is 44.1. The Labute approximate surface area is 162 Å². The van der Waals surface area contributed by atoms with E-state index in [4.69, 9.17) is 4.74 Å². The van der Waals surface area contributed by atoms with Crippen LogP contribution in [-0.2, 0) is 0 Å². The highest BCUT2D eigenvalue weighted by Crippen LogP contribution is 2.38. The molecule has 0 atom stereocenters. The van der Waals surface area contributed by atoms with E-state index in [1.54, 1.807) is 11.3 Å². The molecule has 1 saturated carbocycles. The Hall–Kier alpha value is -1.76. The van der Waals surface area contributed by atoms with Crippen LogP contribution in [0.25, 0.3) is 11.3 Å². The molecular weight excluding hydrogens is 373 g/mol. The molecule has 7 heteroatoms. The molecule has 148 valence electrons. The van der Waals surface area contributed by atoms with Gasteiger partial charge in [-0.2, -0.15) is 13.2 Å². The summed E-state index contributed by atoms with van der Waals surface area (Å²) in [5.41, 5.74) is 1.94. The van der Waals surface area contributed by atoms with Crippen LogP contribution in [0, 0.1) is 5.92 Å². The van der Waals surface area contributed by atoms with Crippen LogP contribution in [0.15, 0.2) is 29.6 Å². The van der Waals surface area contributed by atoms with Gasteiger partial charge in [-0.05, 0) is 56.4 Å².